The van der Waals surface area contributed by atoms with Gasteiger partial charge in [-0.2, -0.15) is 0 Å². The van der Waals surface area contributed by atoms with Crippen molar-refractivity contribution in [3.05, 3.63) is 69.8 Å². The number of aryl methyl sites for hydroxylation is 3. The van der Waals surface area contributed by atoms with Gasteiger partial charge in [0.05, 0.1) is 22.3 Å². The van der Waals surface area contributed by atoms with E-state index in [1.807, 2.05) is 54.1 Å². The number of hydrogen-bond donors (Lipinski definition) is 0. The van der Waals surface area contributed by atoms with Crippen LogP contribution in [0.15, 0.2) is 52.4 Å². The number of rotatable bonds is 7. The first-order chi connectivity index (χ1) is 14.6. The average Bonchev–Trinajstić information content (AvgIpc) is 3.20. The highest BCUT2D eigenvalue weighted by atomic mass is 32.2. The van der Waals surface area contributed by atoms with Crippen molar-refractivity contribution in [1.29, 1.82) is 0 Å². The molecule has 154 valence electrons. The van der Waals surface area contributed by atoms with Crippen molar-refractivity contribution >= 4 is 22.7 Å². The molecule has 0 fully saturated rings. The zero-order valence-corrected chi connectivity index (χ0v) is 18.2. The van der Waals surface area contributed by atoms with Crippen LogP contribution >= 0.6 is 11.8 Å². The number of fused-ring (bicyclic) bond motifs is 1. The Morgan fingerprint density at radius 3 is 2.70 bits per heavy atom. The third-order valence-corrected chi connectivity index (χ3v) is 6.09. The van der Waals surface area contributed by atoms with Crippen molar-refractivity contribution in [1.82, 2.24) is 29.8 Å². The molecule has 2 aromatic heterocycles. The fraction of sp³-hybridized carbons (Fsp3) is 0.318. The fourth-order valence-corrected chi connectivity index (χ4v) is 4.18. The summed E-state index contributed by atoms with van der Waals surface area (Å²) < 4.78 is 3.52. The Bertz CT molecular complexity index is 1250. The molecule has 0 saturated heterocycles. The molecule has 7 nitrogen and oxygen atoms in total. The number of thioether (sulfide) groups is 1. The Morgan fingerprint density at radius 1 is 1.07 bits per heavy atom. The first-order valence-corrected chi connectivity index (χ1v) is 11.0. The lowest BCUT2D eigenvalue weighted by Gasteiger charge is -2.14. The van der Waals surface area contributed by atoms with Gasteiger partial charge in [-0.15, -0.1) is 5.10 Å². The average molecular weight is 421 g/mol. The molecule has 2 aromatic carbocycles. The molecule has 4 aromatic rings. The van der Waals surface area contributed by atoms with Gasteiger partial charge in [-0.1, -0.05) is 43.3 Å². The summed E-state index contributed by atoms with van der Waals surface area (Å²) in [5.74, 6) is 1.31. The summed E-state index contributed by atoms with van der Waals surface area (Å²) in [5.41, 5.74) is 3.75. The molecular formula is C22H24N6OS. The summed E-state index contributed by atoms with van der Waals surface area (Å²) in [6.07, 6.45) is 2.09. The Balaban J connectivity index is 1.77. The number of nitrogens with zero attached hydrogens (tertiary/aromatic N) is 6. The zero-order valence-electron chi connectivity index (χ0n) is 17.4. The Labute approximate surface area is 179 Å². The van der Waals surface area contributed by atoms with Crippen LogP contribution in [0.2, 0.25) is 0 Å². The zero-order chi connectivity index (χ0) is 21.1. The molecule has 0 N–H and O–H groups in total. The number of para-hydroxylation sites is 1. The van der Waals surface area contributed by atoms with Crippen LogP contribution in [0.5, 0.6) is 0 Å². The largest absolute Gasteiger partial charge is 0.268 e. The van der Waals surface area contributed by atoms with E-state index < -0.39 is 0 Å². The predicted molar refractivity (Wildman–Crippen MR) is 119 cm³/mol. The van der Waals surface area contributed by atoms with E-state index in [2.05, 4.69) is 29.4 Å². The van der Waals surface area contributed by atoms with Crippen molar-refractivity contribution in [2.45, 2.75) is 51.1 Å². The Kier molecular flexibility index (Phi) is 5.94. The third-order valence-electron chi connectivity index (χ3n) is 5.15. The van der Waals surface area contributed by atoms with Crippen molar-refractivity contribution < 1.29 is 0 Å². The predicted octanol–water partition coefficient (Wildman–Crippen LogP) is 4.08. The van der Waals surface area contributed by atoms with Crippen LogP contribution in [-0.4, -0.2) is 29.8 Å². The highest BCUT2D eigenvalue weighted by Crippen LogP contribution is 2.25. The van der Waals surface area contributed by atoms with Gasteiger partial charge >= 0.3 is 0 Å². The van der Waals surface area contributed by atoms with Crippen LogP contribution in [0.25, 0.3) is 16.6 Å². The summed E-state index contributed by atoms with van der Waals surface area (Å²) in [5, 5.41) is 13.3. The second-order valence-corrected chi connectivity index (χ2v) is 8.22. The van der Waals surface area contributed by atoms with Gasteiger partial charge in [-0.25, -0.2) is 9.67 Å². The molecule has 4 rings (SSSR count). The van der Waals surface area contributed by atoms with Crippen molar-refractivity contribution in [2.75, 3.05) is 0 Å². The normalized spacial score (nSPS) is 11.3. The molecule has 0 aliphatic heterocycles. The number of aromatic nitrogens is 6. The van der Waals surface area contributed by atoms with Crippen molar-refractivity contribution in [3.63, 3.8) is 0 Å². The Hall–Kier alpha value is -3.00. The van der Waals surface area contributed by atoms with Gasteiger partial charge in [0.25, 0.3) is 5.56 Å². The fourth-order valence-electron chi connectivity index (χ4n) is 3.24. The summed E-state index contributed by atoms with van der Waals surface area (Å²) in [6.45, 7) is 7.04. The van der Waals surface area contributed by atoms with Gasteiger partial charge in [-0.05, 0) is 66.1 Å². The van der Waals surface area contributed by atoms with Crippen LogP contribution < -0.4 is 5.56 Å². The molecule has 0 unspecified atom stereocenters. The summed E-state index contributed by atoms with van der Waals surface area (Å²) in [7, 11) is 0. The van der Waals surface area contributed by atoms with Crippen LogP contribution in [0, 0.1) is 13.8 Å². The third kappa shape index (κ3) is 4.00. The monoisotopic (exact) mass is 420 g/mol. The molecule has 30 heavy (non-hydrogen) atoms. The molecule has 0 saturated carbocycles. The molecule has 8 heteroatoms. The van der Waals surface area contributed by atoms with Gasteiger partial charge in [-0.3, -0.25) is 9.36 Å². The van der Waals surface area contributed by atoms with E-state index in [9.17, 15) is 4.79 Å². The van der Waals surface area contributed by atoms with Gasteiger partial charge in [0.15, 0.2) is 11.0 Å². The number of benzene rings is 2. The highest BCUT2D eigenvalue weighted by Gasteiger charge is 2.15. The van der Waals surface area contributed by atoms with E-state index in [0.29, 0.717) is 21.8 Å². The standard InChI is InChI=1S/C22H24N6OS/c1-4-5-12-27-20(24-25-26-27)14-30-22-23-19-9-7-6-8-18(19)21(29)28(22)17-11-10-15(2)16(3)13-17/h6-11,13H,4-5,12,14H2,1-3H3. The first kappa shape index (κ1) is 20.3. The Morgan fingerprint density at radius 2 is 1.90 bits per heavy atom. The van der Waals surface area contributed by atoms with E-state index in [0.717, 1.165) is 36.5 Å². The molecule has 0 aliphatic rings. The molecule has 0 bridgehead atoms. The van der Waals surface area contributed by atoms with E-state index in [1.165, 1.54) is 17.3 Å². The van der Waals surface area contributed by atoms with E-state index in [1.54, 1.807) is 4.57 Å². The van der Waals surface area contributed by atoms with Crippen molar-refractivity contribution in [3.8, 4) is 5.69 Å². The molecule has 0 atom stereocenters. The smallest absolute Gasteiger partial charge is 0.266 e. The number of hydrogen-bond acceptors (Lipinski definition) is 6. The minimum absolute atomic E-state index is 0.0723. The molecule has 0 amide bonds. The lowest BCUT2D eigenvalue weighted by atomic mass is 10.1. The van der Waals surface area contributed by atoms with Gasteiger partial charge in [0, 0.05) is 6.54 Å². The van der Waals surface area contributed by atoms with Gasteiger partial charge in [0.2, 0.25) is 0 Å². The second-order valence-electron chi connectivity index (χ2n) is 7.28. The lowest BCUT2D eigenvalue weighted by molar-refractivity contribution is 0.540. The molecule has 0 radical (unpaired) electrons. The second kappa shape index (κ2) is 8.79. The maximum atomic E-state index is 13.4. The quantitative estimate of drug-likeness (QED) is 0.331. The maximum Gasteiger partial charge on any atom is 0.266 e. The van der Waals surface area contributed by atoms with E-state index in [4.69, 9.17) is 4.98 Å². The minimum atomic E-state index is -0.0723. The maximum absolute atomic E-state index is 13.4. The van der Waals surface area contributed by atoms with Gasteiger partial charge in [0.1, 0.15) is 0 Å². The molecular weight excluding hydrogens is 396 g/mol. The van der Waals surface area contributed by atoms with E-state index >= 15 is 0 Å². The first-order valence-electron chi connectivity index (χ1n) is 10.1. The molecule has 2 heterocycles. The highest BCUT2D eigenvalue weighted by molar-refractivity contribution is 7.98. The van der Waals surface area contributed by atoms with Crippen molar-refractivity contribution in [2.24, 2.45) is 0 Å². The van der Waals surface area contributed by atoms with Crippen LogP contribution in [0.4, 0.5) is 0 Å². The SMILES string of the molecule is CCCCn1nnnc1CSc1nc2ccccc2c(=O)n1-c1ccc(C)c(C)c1. The summed E-state index contributed by atoms with van der Waals surface area (Å²) in [6, 6.07) is 13.5. The molecule has 0 spiro atoms. The van der Waals surface area contributed by atoms with Crippen LogP contribution in [0.1, 0.15) is 36.7 Å². The number of tetrazole rings is 1. The topological polar surface area (TPSA) is 78.5 Å². The van der Waals surface area contributed by atoms with Gasteiger partial charge < -0.3 is 0 Å². The minimum Gasteiger partial charge on any atom is -0.268 e. The number of unbranched alkanes of at least 4 members (excludes halogenated alkanes) is 1. The lowest BCUT2D eigenvalue weighted by Crippen LogP contribution is -2.22. The summed E-state index contributed by atoms with van der Waals surface area (Å²) in [4.78, 5) is 18.2. The molecule has 0 aliphatic carbocycles. The van der Waals surface area contributed by atoms with E-state index in [-0.39, 0.29) is 5.56 Å². The summed E-state index contributed by atoms with van der Waals surface area (Å²) >= 11 is 1.47. The van der Waals surface area contributed by atoms with Crippen LogP contribution in [-0.2, 0) is 12.3 Å². The van der Waals surface area contributed by atoms with Crippen LogP contribution in [0.3, 0.4) is 0 Å².